The Balaban J connectivity index is 2.20. The molecule has 3 heteroatoms. The number of nitrogens with one attached hydrogen (secondary N) is 1. The molecule has 1 aliphatic rings. The molecule has 0 aliphatic heterocycles. The molecular formula is C9H11NO2. The first-order valence-corrected chi connectivity index (χ1v) is 4.15. The molecule has 0 radical (unpaired) electrons. The fraction of sp³-hybridized carbons (Fsp3) is 0.444. The Bertz CT molecular complexity index is 303. The number of carboxylic acid groups (broad SMARTS) is 1. The van der Waals surface area contributed by atoms with Gasteiger partial charge < -0.3 is 10.1 Å². The standard InChI is InChI=1S/C9H11NO2/c11-9(12)7-2-1-6-3-4-10-8(6)5-7/h3-4,7,10H,1-2,5H2,(H,11,12). The molecule has 12 heavy (non-hydrogen) atoms. The van der Waals surface area contributed by atoms with Crippen molar-refractivity contribution in [2.45, 2.75) is 19.3 Å². The van der Waals surface area contributed by atoms with Crippen molar-refractivity contribution in [3.8, 4) is 0 Å². The van der Waals surface area contributed by atoms with E-state index in [0.29, 0.717) is 6.42 Å². The third kappa shape index (κ3) is 1.11. The van der Waals surface area contributed by atoms with Crippen molar-refractivity contribution in [1.29, 1.82) is 0 Å². The minimum absolute atomic E-state index is 0.184. The van der Waals surface area contributed by atoms with Gasteiger partial charge in [0.25, 0.3) is 0 Å². The van der Waals surface area contributed by atoms with Gasteiger partial charge in [0, 0.05) is 18.3 Å². The van der Waals surface area contributed by atoms with Crippen molar-refractivity contribution in [2.24, 2.45) is 5.92 Å². The SMILES string of the molecule is O=C(O)C1CCc2cc[nH]c2C1. The molecule has 0 spiro atoms. The van der Waals surface area contributed by atoms with Gasteiger partial charge in [0.05, 0.1) is 5.92 Å². The summed E-state index contributed by atoms with van der Waals surface area (Å²) in [6.45, 7) is 0. The van der Waals surface area contributed by atoms with Crippen LogP contribution in [0, 0.1) is 5.92 Å². The summed E-state index contributed by atoms with van der Waals surface area (Å²) in [5.41, 5.74) is 2.39. The third-order valence-corrected chi connectivity index (χ3v) is 2.49. The van der Waals surface area contributed by atoms with Crippen molar-refractivity contribution >= 4 is 5.97 Å². The van der Waals surface area contributed by atoms with Gasteiger partial charge in [0.1, 0.15) is 0 Å². The Kier molecular flexibility index (Phi) is 1.64. The highest BCUT2D eigenvalue weighted by Gasteiger charge is 2.24. The second-order valence-electron chi connectivity index (χ2n) is 3.26. The number of aliphatic carboxylic acids is 1. The van der Waals surface area contributed by atoms with Crippen LogP contribution in [0.15, 0.2) is 12.3 Å². The molecule has 0 bridgehead atoms. The lowest BCUT2D eigenvalue weighted by atomic mass is 9.88. The van der Waals surface area contributed by atoms with Gasteiger partial charge in [-0.1, -0.05) is 0 Å². The second kappa shape index (κ2) is 2.66. The summed E-state index contributed by atoms with van der Waals surface area (Å²) in [4.78, 5) is 13.8. The number of rotatable bonds is 1. The normalized spacial score (nSPS) is 21.8. The third-order valence-electron chi connectivity index (χ3n) is 2.49. The zero-order valence-electron chi connectivity index (χ0n) is 6.71. The van der Waals surface area contributed by atoms with Crippen LogP contribution in [0.4, 0.5) is 0 Å². The molecule has 1 aromatic heterocycles. The van der Waals surface area contributed by atoms with Crippen LogP contribution in [0.5, 0.6) is 0 Å². The van der Waals surface area contributed by atoms with E-state index in [9.17, 15) is 4.79 Å². The van der Waals surface area contributed by atoms with E-state index in [4.69, 9.17) is 5.11 Å². The van der Waals surface area contributed by atoms with Crippen LogP contribution < -0.4 is 0 Å². The first-order chi connectivity index (χ1) is 5.77. The molecular weight excluding hydrogens is 154 g/mol. The number of fused-ring (bicyclic) bond motifs is 1. The maximum Gasteiger partial charge on any atom is 0.306 e. The molecule has 0 saturated heterocycles. The molecule has 1 unspecified atom stereocenters. The summed E-state index contributed by atoms with van der Waals surface area (Å²) >= 11 is 0. The van der Waals surface area contributed by atoms with Crippen molar-refractivity contribution in [2.75, 3.05) is 0 Å². The van der Waals surface area contributed by atoms with Crippen molar-refractivity contribution in [1.82, 2.24) is 4.98 Å². The molecule has 1 heterocycles. The number of aromatic nitrogens is 1. The fourth-order valence-corrected chi connectivity index (χ4v) is 1.75. The molecule has 2 rings (SSSR count). The van der Waals surface area contributed by atoms with Crippen LogP contribution in [0.1, 0.15) is 17.7 Å². The molecule has 1 aliphatic carbocycles. The molecule has 1 atom stereocenters. The van der Waals surface area contributed by atoms with Crippen LogP contribution in [-0.2, 0) is 17.6 Å². The fourth-order valence-electron chi connectivity index (χ4n) is 1.75. The van der Waals surface area contributed by atoms with Crippen LogP contribution in [0.3, 0.4) is 0 Å². The number of aromatic amines is 1. The van der Waals surface area contributed by atoms with E-state index in [1.165, 1.54) is 5.56 Å². The average molecular weight is 165 g/mol. The van der Waals surface area contributed by atoms with Crippen molar-refractivity contribution in [3.63, 3.8) is 0 Å². The van der Waals surface area contributed by atoms with Gasteiger partial charge in [-0.15, -0.1) is 0 Å². The highest BCUT2D eigenvalue weighted by atomic mass is 16.4. The maximum absolute atomic E-state index is 10.7. The molecule has 0 amide bonds. The minimum Gasteiger partial charge on any atom is -0.481 e. The molecule has 64 valence electrons. The number of hydrogen-bond donors (Lipinski definition) is 2. The van der Waals surface area contributed by atoms with E-state index >= 15 is 0 Å². The number of carboxylic acids is 1. The largest absolute Gasteiger partial charge is 0.481 e. The quantitative estimate of drug-likeness (QED) is 0.657. The van der Waals surface area contributed by atoms with Crippen LogP contribution in [0.2, 0.25) is 0 Å². The highest BCUT2D eigenvalue weighted by Crippen LogP contribution is 2.24. The molecule has 1 aromatic rings. The number of carbonyl (C=O) groups is 1. The molecule has 0 fully saturated rings. The Morgan fingerprint density at radius 1 is 1.67 bits per heavy atom. The first kappa shape index (κ1) is 7.40. The average Bonchev–Trinajstić information content (AvgIpc) is 2.49. The smallest absolute Gasteiger partial charge is 0.306 e. The molecule has 3 nitrogen and oxygen atoms in total. The zero-order valence-corrected chi connectivity index (χ0v) is 6.71. The van der Waals surface area contributed by atoms with Gasteiger partial charge in [-0.3, -0.25) is 4.79 Å². The first-order valence-electron chi connectivity index (χ1n) is 4.15. The lowest BCUT2D eigenvalue weighted by Gasteiger charge is -2.17. The van der Waals surface area contributed by atoms with Crippen LogP contribution in [-0.4, -0.2) is 16.1 Å². The van der Waals surface area contributed by atoms with Crippen LogP contribution in [0.25, 0.3) is 0 Å². The number of H-pyrrole nitrogens is 1. The second-order valence-corrected chi connectivity index (χ2v) is 3.26. The molecule has 2 N–H and O–H groups in total. The molecule has 0 saturated carbocycles. The Morgan fingerprint density at radius 2 is 2.50 bits per heavy atom. The van der Waals surface area contributed by atoms with Gasteiger partial charge >= 0.3 is 5.97 Å². The van der Waals surface area contributed by atoms with Gasteiger partial charge in [-0.05, 0) is 24.5 Å². The van der Waals surface area contributed by atoms with Crippen molar-refractivity contribution < 1.29 is 9.90 Å². The van der Waals surface area contributed by atoms with Gasteiger partial charge in [0.15, 0.2) is 0 Å². The highest BCUT2D eigenvalue weighted by molar-refractivity contribution is 5.70. The summed E-state index contributed by atoms with van der Waals surface area (Å²) in [5.74, 6) is -0.855. The lowest BCUT2D eigenvalue weighted by molar-refractivity contribution is -0.142. The summed E-state index contributed by atoms with van der Waals surface area (Å²) in [7, 11) is 0. The van der Waals surface area contributed by atoms with Crippen molar-refractivity contribution in [3.05, 3.63) is 23.5 Å². The van der Waals surface area contributed by atoms with E-state index in [1.54, 1.807) is 0 Å². The van der Waals surface area contributed by atoms with Gasteiger partial charge in [-0.2, -0.15) is 0 Å². The summed E-state index contributed by atoms with van der Waals surface area (Å²) in [6, 6.07) is 2.04. The number of aryl methyl sites for hydroxylation is 1. The van der Waals surface area contributed by atoms with E-state index < -0.39 is 5.97 Å². The maximum atomic E-state index is 10.7. The number of hydrogen-bond acceptors (Lipinski definition) is 1. The Labute approximate surface area is 70.4 Å². The monoisotopic (exact) mass is 165 g/mol. The summed E-state index contributed by atoms with van der Waals surface area (Å²) in [5, 5.41) is 8.79. The minimum atomic E-state index is -0.671. The van der Waals surface area contributed by atoms with E-state index in [1.807, 2.05) is 12.3 Å². The van der Waals surface area contributed by atoms with Gasteiger partial charge in [-0.25, -0.2) is 0 Å². The van der Waals surface area contributed by atoms with Gasteiger partial charge in [0.2, 0.25) is 0 Å². The summed E-state index contributed by atoms with van der Waals surface area (Å²) < 4.78 is 0. The predicted octanol–water partition coefficient (Wildman–Crippen LogP) is 1.20. The van der Waals surface area contributed by atoms with E-state index in [-0.39, 0.29) is 5.92 Å². The molecule has 0 aromatic carbocycles. The van der Waals surface area contributed by atoms with Crippen LogP contribution >= 0.6 is 0 Å². The Morgan fingerprint density at radius 3 is 3.25 bits per heavy atom. The van der Waals surface area contributed by atoms with E-state index in [2.05, 4.69) is 4.98 Å². The lowest BCUT2D eigenvalue weighted by Crippen LogP contribution is -2.21. The summed E-state index contributed by atoms with van der Waals surface area (Å²) in [6.07, 6.45) is 4.22. The Hall–Kier alpha value is -1.25. The predicted molar refractivity (Wildman–Crippen MR) is 43.9 cm³/mol. The van der Waals surface area contributed by atoms with E-state index in [0.717, 1.165) is 18.5 Å². The zero-order chi connectivity index (χ0) is 8.55. The topological polar surface area (TPSA) is 53.1 Å².